The molecule has 56 valence electrons. The average molecular weight is 252 g/mol. The molecule has 0 aromatic rings. The maximum absolute atomic E-state index is 9.25. The van der Waals surface area contributed by atoms with E-state index in [2.05, 4.69) is 0 Å². The Kier molecular flexibility index (Phi) is 2.49. The lowest BCUT2D eigenvalue weighted by Gasteiger charge is -2.19. The highest BCUT2D eigenvalue weighted by molar-refractivity contribution is 14.1. The molecule has 0 aromatic heterocycles. The molecule has 3 heteroatoms. The molecule has 0 saturated heterocycles. The van der Waals surface area contributed by atoms with Gasteiger partial charge in [-0.05, 0) is 35.1 Å². The van der Waals surface area contributed by atoms with Crippen molar-refractivity contribution >= 4 is 22.6 Å². The van der Waals surface area contributed by atoms with Crippen LogP contribution in [0.5, 0.6) is 0 Å². The Morgan fingerprint density at radius 2 is 2.10 bits per heavy atom. The van der Waals surface area contributed by atoms with Gasteiger partial charge in [-0.15, -0.1) is 0 Å². The van der Waals surface area contributed by atoms with Gasteiger partial charge in [0.15, 0.2) is 0 Å². The Morgan fingerprint density at radius 1 is 1.50 bits per heavy atom. The predicted octanol–water partition coefficient (Wildman–Crippen LogP) is 0.987. The van der Waals surface area contributed by atoms with Crippen LogP contribution in [0.1, 0.15) is 6.92 Å². The molecule has 1 rings (SSSR count). The largest absolute Gasteiger partial charge is 0.386 e. The lowest BCUT2D eigenvalue weighted by Crippen LogP contribution is -2.26. The van der Waals surface area contributed by atoms with Gasteiger partial charge in [-0.25, -0.2) is 0 Å². The Hall–Kier alpha value is 0.130. The quantitative estimate of drug-likeness (QED) is 0.631. The molecule has 0 saturated carbocycles. The van der Waals surface area contributed by atoms with Crippen LogP contribution < -0.4 is 0 Å². The monoisotopic (exact) mass is 252 g/mol. The standard InChI is InChI=1S/C7H9IO2/c1-4-2-3-5(9)7(10)6(4)8/h2-3,5,7,9-10H,1H3/t5-,7-/m0/s1. The summed E-state index contributed by atoms with van der Waals surface area (Å²) in [5.41, 5.74) is 1.03. The molecule has 0 fully saturated rings. The third-order valence-corrected chi connectivity index (χ3v) is 2.99. The van der Waals surface area contributed by atoms with E-state index < -0.39 is 12.2 Å². The summed E-state index contributed by atoms with van der Waals surface area (Å²) < 4.78 is 0.826. The Bertz CT molecular complexity index is 196. The van der Waals surface area contributed by atoms with Crippen LogP contribution in [0, 0.1) is 0 Å². The van der Waals surface area contributed by atoms with Gasteiger partial charge in [0.25, 0.3) is 0 Å². The molecule has 1 aliphatic rings. The fraction of sp³-hybridized carbons (Fsp3) is 0.429. The first-order valence-corrected chi connectivity index (χ1v) is 4.11. The molecule has 0 aliphatic heterocycles. The van der Waals surface area contributed by atoms with Gasteiger partial charge in [-0.3, -0.25) is 0 Å². The van der Waals surface area contributed by atoms with Crippen LogP contribution in [0.25, 0.3) is 0 Å². The minimum absolute atomic E-state index is 0.717. The number of hydrogen-bond donors (Lipinski definition) is 2. The van der Waals surface area contributed by atoms with Gasteiger partial charge in [0.1, 0.15) is 12.2 Å². The van der Waals surface area contributed by atoms with Crippen LogP contribution in [0.4, 0.5) is 0 Å². The van der Waals surface area contributed by atoms with Gasteiger partial charge in [-0.1, -0.05) is 12.2 Å². The van der Waals surface area contributed by atoms with E-state index in [0.717, 1.165) is 9.15 Å². The lowest BCUT2D eigenvalue weighted by molar-refractivity contribution is 0.0775. The van der Waals surface area contributed by atoms with E-state index in [1.54, 1.807) is 6.08 Å². The predicted molar refractivity (Wildman–Crippen MR) is 47.9 cm³/mol. The van der Waals surface area contributed by atoms with Crippen molar-refractivity contribution in [3.05, 3.63) is 21.3 Å². The second-order valence-electron chi connectivity index (χ2n) is 2.33. The van der Waals surface area contributed by atoms with E-state index in [4.69, 9.17) is 5.11 Å². The highest BCUT2D eigenvalue weighted by Crippen LogP contribution is 2.24. The minimum atomic E-state index is -0.726. The molecule has 0 spiro atoms. The Balaban J connectivity index is 2.88. The van der Waals surface area contributed by atoms with Gasteiger partial charge in [0.05, 0.1) is 0 Å². The van der Waals surface area contributed by atoms with Crippen molar-refractivity contribution in [1.82, 2.24) is 0 Å². The summed E-state index contributed by atoms with van der Waals surface area (Å²) in [6, 6.07) is 0. The molecule has 0 unspecified atom stereocenters. The van der Waals surface area contributed by atoms with Crippen LogP contribution in [0.3, 0.4) is 0 Å². The van der Waals surface area contributed by atoms with Crippen molar-refractivity contribution in [3.63, 3.8) is 0 Å². The molecule has 2 nitrogen and oxygen atoms in total. The van der Waals surface area contributed by atoms with Gasteiger partial charge in [-0.2, -0.15) is 0 Å². The third kappa shape index (κ3) is 1.41. The highest BCUT2D eigenvalue weighted by Gasteiger charge is 2.20. The van der Waals surface area contributed by atoms with Crippen molar-refractivity contribution in [2.75, 3.05) is 0 Å². The molecule has 2 atom stereocenters. The number of allylic oxidation sites excluding steroid dienone is 2. The topological polar surface area (TPSA) is 40.5 Å². The maximum atomic E-state index is 9.25. The van der Waals surface area contributed by atoms with Crippen molar-refractivity contribution in [1.29, 1.82) is 0 Å². The molecule has 2 N–H and O–H groups in total. The van der Waals surface area contributed by atoms with E-state index >= 15 is 0 Å². The zero-order chi connectivity index (χ0) is 7.72. The summed E-state index contributed by atoms with van der Waals surface area (Å²) in [5, 5.41) is 18.3. The zero-order valence-corrected chi connectivity index (χ0v) is 7.74. The van der Waals surface area contributed by atoms with Crippen LogP contribution in [-0.4, -0.2) is 22.4 Å². The average Bonchev–Trinajstić information content (AvgIpc) is 1.93. The summed E-state index contributed by atoms with van der Waals surface area (Å²) in [6.07, 6.45) is 1.97. The highest BCUT2D eigenvalue weighted by atomic mass is 127. The van der Waals surface area contributed by atoms with Gasteiger partial charge < -0.3 is 10.2 Å². The summed E-state index contributed by atoms with van der Waals surface area (Å²) in [4.78, 5) is 0. The van der Waals surface area contributed by atoms with Crippen molar-refractivity contribution in [2.45, 2.75) is 19.1 Å². The molecule has 0 radical (unpaired) electrons. The van der Waals surface area contributed by atoms with Crippen LogP contribution in [0.2, 0.25) is 0 Å². The van der Waals surface area contributed by atoms with E-state index in [0.29, 0.717) is 0 Å². The molecule has 0 heterocycles. The number of aliphatic hydroxyl groups excluding tert-OH is 2. The van der Waals surface area contributed by atoms with E-state index in [1.807, 2.05) is 35.6 Å². The fourth-order valence-corrected chi connectivity index (χ4v) is 1.36. The number of aliphatic hydroxyl groups is 2. The van der Waals surface area contributed by atoms with Gasteiger partial charge in [0, 0.05) is 3.58 Å². The summed E-state index contributed by atoms with van der Waals surface area (Å²) in [7, 11) is 0. The Labute approximate surface area is 73.4 Å². The van der Waals surface area contributed by atoms with Crippen LogP contribution in [0.15, 0.2) is 21.3 Å². The second kappa shape index (κ2) is 3.02. The van der Waals surface area contributed by atoms with E-state index in [-0.39, 0.29) is 0 Å². The normalized spacial score (nSPS) is 33.2. The minimum Gasteiger partial charge on any atom is -0.386 e. The first-order valence-electron chi connectivity index (χ1n) is 3.03. The summed E-state index contributed by atoms with van der Waals surface area (Å²) in [6.45, 7) is 1.91. The first kappa shape index (κ1) is 8.23. The molecular weight excluding hydrogens is 243 g/mol. The molecule has 0 aromatic carbocycles. The molecular formula is C7H9IO2. The van der Waals surface area contributed by atoms with E-state index in [9.17, 15) is 5.11 Å². The fourth-order valence-electron chi connectivity index (χ4n) is 0.811. The van der Waals surface area contributed by atoms with Gasteiger partial charge >= 0.3 is 0 Å². The zero-order valence-electron chi connectivity index (χ0n) is 5.58. The Morgan fingerprint density at radius 3 is 2.60 bits per heavy atom. The molecule has 1 aliphatic carbocycles. The van der Waals surface area contributed by atoms with Crippen molar-refractivity contribution in [3.8, 4) is 0 Å². The summed E-state index contributed by atoms with van der Waals surface area (Å²) in [5.74, 6) is 0. The van der Waals surface area contributed by atoms with Crippen LogP contribution >= 0.6 is 22.6 Å². The van der Waals surface area contributed by atoms with E-state index in [1.165, 1.54) is 0 Å². The van der Waals surface area contributed by atoms with Crippen molar-refractivity contribution < 1.29 is 10.2 Å². The third-order valence-electron chi connectivity index (χ3n) is 1.50. The second-order valence-corrected chi connectivity index (χ2v) is 3.49. The van der Waals surface area contributed by atoms with Crippen molar-refractivity contribution in [2.24, 2.45) is 0 Å². The first-order chi connectivity index (χ1) is 4.63. The van der Waals surface area contributed by atoms with Gasteiger partial charge in [0.2, 0.25) is 0 Å². The smallest absolute Gasteiger partial charge is 0.114 e. The SMILES string of the molecule is CC1=C(I)[C@@H](O)[C@@H](O)C=C1. The van der Waals surface area contributed by atoms with Crippen LogP contribution in [-0.2, 0) is 0 Å². The summed E-state index contributed by atoms with van der Waals surface area (Å²) >= 11 is 2.04. The maximum Gasteiger partial charge on any atom is 0.114 e. The number of halogens is 1. The molecule has 0 amide bonds. The number of hydrogen-bond acceptors (Lipinski definition) is 2. The lowest BCUT2D eigenvalue weighted by atomic mass is 10.0. The number of rotatable bonds is 0. The molecule has 0 bridgehead atoms. The molecule has 10 heavy (non-hydrogen) atoms.